The average Bonchev–Trinajstić information content (AvgIpc) is 2.46. The van der Waals surface area contributed by atoms with Crippen LogP contribution in [0.3, 0.4) is 0 Å². The van der Waals surface area contributed by atoms with Crippen molar-refractivity contribution in [3.05, 3.63) is 59.4 Å². The zero-order valence-electron chi connectivity index (χ0n) is 10.9. The van der Waals surface area contributed by atoms with E-state index >= 15 is 0 Å². The summed E-state index contributed by atoms with van der Waals surface area (Å²) in [5.74, 6) is 0.356. The lowest BCUT2D eigenvalue weighted by molar-refractivity contribution is 0.306. The Morgan fingerprint density at radius 3 is 2.55 bits per heavy atom. The second-order valence-electron chi connectivity index (χ2n) is 4.14. The third-order valence-electron chi connectivity index (χ3n) is 2.76. The molecule has 2 aromatic carbocycles. The molecule has 20 heavy (non-hydrogen) atoms. The van der Waals surface area contributed by atoms with Crippen molar-refractivity contribution in [1.82, 2.24) is 0 Å². The Labute approximate surface area is 127 Å². The molecule has 0 saturated carbocycles. The van der Waals surface area contributed by atoms with Gasteiger partial charge in [0, 0.05) is 10.5 Å². The summed E-state index contributed by atoms with van der Waals surface area (Å²) in [4.78, 5) is 1.23. The molecule has 104 valence electrons. The number of thioether (sulfide) groups is 1. The van der Waals surface area contributed by atoms with Crippen LogP contribution in [0.1, 0.15) is 11.1 Å². The van der Waals surface area contributed by atoms with E-state index < -0.39 is 5.82 Å². The summed E-state index contributed by atoms with van der Waals surface area (Å²) in [5.41, 5.74) is 6.54. The van der Waals surface area contributed by atoms with Crippen LogP contribution < -0.4 is 10.5 Å². The van der Waals surface area contributed by atoms with Gasteiger partial charge in [-0.05, 0) is 48.2 Å². The highest BCUT2D eigenvalue weighted by atomic mass is 32.2. The number of benzene rings is 2. The third-order valence-corrected chi connectivity index (χ3v) is 3.72. The lowest BCUT2D eigenvalue weighted by Gasteiger charge is -2.08. The SMILES string of the molecule is CSc1ccc(OCc2ccc(F)c(C(N)=S)c2)cc1. The molecule has 0 aromatic heterocycles. The summed E-state index contributed by atoms with van der Waals surface area (Å²) in [7, 11) is 0. The Kier molecular flexibility index (Phi) is 4.98. The van der Waals surface area contributed by atoms with Gasteiger partial charge in [-0.15, -0.1) is 11.8 Å². The Bertz CT molecular complexity index is 614. The minimum atomic E-state index is -0.412. The largest absolute Gasteiger partial charge is 0.489 e. The predicted molar refractivity (Wildman–Crippen MR) is 84.8 cm³/mol. The Morgan fingerprint density at radius 1 is 1.25 bits per heavy atom. The molecule has 0 unspecified atom stereocenters. The van der Waals surface area contributed by atoms with Crippen LogP contribution in [0.4, 0.5) is 4.39 Å². The number of ether oxygens (including phenoxy) is 1. The minimum absolute atomic E-state index is 0.0497. The average molecular weight is 307 g/mol. The van der Waals surface area contributed by atoms with E-state index in [2.05, 4.69) is 0 Å². The van der Waals surface area contributed by atoms with E-state index in [-0.39, 0.29) is 10.6 Å². The Morgan fingerprint density at radius 2 is 1.95 bits per heavy atom. The summed E-state index contributed by atoms with van der Waals surface area (Å²) < 4.78 is 19.1. The molecular formula is C15H14FNOS2. The molecule has 2 nitrogen and oxygen atoms in total. The molecule has 0 radical (unpaired) electrons. The molecule has 0 aliphatic carbocycles. The number of thiocarbonyl (C=S) groups is 1. The molecule has 0 bridgehead atoms. The van der Waals surface area contributed by atoms with Crippen molar-refractivity contribution in [1.29, 1.82) is 0 Å². The number of hydrogen-bond donors (Lipinski definition) is 1. The van der Waals surface area contributed by atoms with Gasteiger partial charge in [0.15, 0.2) is 0 Å². The molecule has 0 saturated heterocycles. The number of rotatable bonds is 5. The highest BCUT2D eigenvalue weighted by molar-refractivity contribution is 7.98. The molecule has 5 heteroatoms. The highest BCUT2D eigenvalue weighted by Crippen LogP contribution is 2.20. The zero-order chi connectivity index (χ0) is 14.5. The normalized spacial score (nSPS) is 10.3. The summed E-state index contributed by atoms with van der Waals surface area (Å²) >= 11 is 6.48. The Hall–Kier alpha value is -1.59. The van der Waals surface area contributed by atoms with Crippen LogP contribution in [0.25, 0.3) is 0 Å². The highest BCUT2D eigenvalue weighted by Gasteiger charge is 2.06. The van der Waals surface area contributed by atoms with Gasteiger partial charge in [0.2, 0.25) is 0 Å². The third kappa shape index (κ3) is 3.71. The van der Waals surface area contributed by atoms with E-state index in [1.165, 1.54) is 11.0 Å². The van der Waals surface area contributed by atoms with Crippen LogP contribution in [0.2, 0.25) is 0 Å². The van der Waals surface area contributed by atoms with Crippen molar-refractivity contribution in [3.63, 3.8) is 0 Å². The molecule has 0 aliphatic heterocycles. The van der Waals surface area contributed by atoms with Gasteiger partial charge in [-0.3, -0.25) is 0 Å². The van der Waals surface area contributed by atoms with Crippen molar-refractivity contribution in [2.75, 3.05) is 6.26 Å². The lowest BCUT2D eigenvalue weighted by atomic mass is 10.1. The number of nitrogens with two attached hydrogens (primary N) is 1. The predicted octanol–water partition coefficient (Wildman–Crippen LogP) is 3.76. The molecule has 0 spiro atoms. The van der Waals surface area contributed by atoms with E-state index in [4.69, 9.17) is 22.7 Å². The fourth-order valence-corrected chi connectivity index (χ4v) is 2.25. The fourth-order valence-electron chi connectivity index (χ4n) is 1.69. The van der Waals surface area contributed by atoms with Gasteiger partial charge >= 0.3 is 0 Å². The molecule has 2 aromatic rings. The van der Waals surface area contributed by atoms with Gasteiger partial charge in [-0.25, -0.2) is 4.39 Å². The van der Waals surface area contributed by atoms with Crippen molar-refractivity contribution < 1.29 is 9.13 Å². The summed E-state index contributed by atoms with van der Waals surface area (Å²) in [5, 5.41) is 0. The smallest absolute Gasteiger partial charge is 0.133 e. The first-order valence-corrected chi connectivity index (χ1v) is 7.58. The molecular weight excluding hydrogens is 293 g/mol. The van der Waals surface area contributed by atoms with Gasteiger partial charge in [0.1, 0.15) is 23.2 Å². The molecule has 0 fully saturated rings. The maximum atomic E-state index is 13.5. The van der Waals surface area contributed by atoms with E-state index in [0.717, 1.165) is 11.3 Å². The van der Waals surface area contributed by atoms with Gasteiger partial charge in [-0.1, -0.05) is 18.3 Å². The number of hydrogen-bond acceptors (Lipinski definition) is 3. The van der Waals surface area contributed by atoms with E-state index in [9.17, 15) is 4.39 Å². The first kappa shape index (κ1) is 14.8. The molecule has 2 N–H and O–H groups in total. The van der Waals surface area contributed by atoms with Gasteiger partial charge in [0.05, 0.1) is 0 Å². The lowest BCUT2D eigenvalue weighted by Crippen LogP contribution is -2.12. The summed E-state index contributed by atoms with van der Waals surface area (Å²) in [6, 6.07) is 12.4. The van der Waals surface area contributed by atoms with E-state index in [0.29, 0.717) is 6.61 Å². The first-order chi connectivity index (χ1) is 9.60. The summed E-state index contributed by atoms with van der Waals surface area (Å²) in [6.45, 7) is 0.342. The second kappa shape index (κ2) is 6.72. The maximum Gasteiger partial charge on any atom is 0.133 e. The molecule has 2 rings (SSSR count). The van der Waals surface area contributed by atoms with E-state index in [1.807, 2.05) is 30.5 Å². The van der Waals surface area contributed by atoms with Crippen molar-refractivity contribution in [3.8, 4) is 5.75 Å². The van der Waals surface area contributed by atoms with Crippen molar-refractivity contribution in [2.45, 2.75) is 11.5 Å². The topological polar surface area (TPSA) is 35.2 Å². The summed E-state index contributed by atoms with van der Waals surface area (Å²) in [6.07, 6.45) is 2.02. The van der Waals surface area contributed by atoms with Gasteiger partial charge in [-0.2, -0.15) is 0 Å². The van der Waals surface area contributed by atoms with Crippen LogP contribution in [-0.4, -0.2) is 11.2 Å². The quantitative estimate of drug-likeness (QED) is 0.674. The van der Waals surface area contributed by atoms with Gasteiger partial charge < -0.3 is 10.5 Å². The second-order valence-corrected chi connectivity index (χ2v) is 5.46. The van der Waals surface area contributed by atoms with Crippen molar-refractivity contribution in [2.24, 2.45) is 5.73 Å². The van der Waals surface area contributed by atoms with E-state index in [1.54, 1.807) is 23.9 Å². The van der Waals surface area contributed by atoms with Crippen molar-refractivity contribution >= 4 is 29.0 Å². The molecule has 0 aliphatic rings. The van der Waals surface area contributed by atoms with Crippen LogP contribution in [0.5, 0.6) is 5.75 Å². The van der Waals surface area contributed by atoms with Crippen LogP contribution >= 0.6 is 24.0 Å². The van der Waals surface area contributed by atoms with Crippen LogP contribution in [-0.2, 0) is 6.61 Å². The standard InChI is InChI=1S/C15H14FNOS2/c1-20-12-5-3-11(4-6-12)18-9-10-2-7-14(16)13(8-10)15(17)19/h2-8H,9H2,1H3,(H2,17,19). The zero-order valence-corrected chi connectivity index (χ0v) is 12.6. The maximum absolute atomic E-state index is 13.5. The first-order valence-electron chi connectivity index (χ1n) is 5.95. The van der Waals surface area contributed by atoms with Gasteiger partial charge in [0.25, 0.3) is 0 Å². The van der Waals surface area contributed by atoms with Crippen LogP contribution in [0, 0.1) is 5.82 Å². The molecule has 0 amide bonds. The van der Waals surface area contributed by atoms with Crippen LogP contribution in [0.15, 0.2) is 47.4 Å². The molecule has 0 atom stereocenters. The monoisotopic (exact) mass is 307 g/mol. The molecule has 0 heterocycles. The minimum Gasteiger partial charge on any atom is -0.489 e. The number of halogens is 1. The Balaban J connectivity index is 2.06. The fraction of sp³-hybridized carbons (Fsp3) is 0.133.